The molecule has 0 aliphatic rings. The van der Waals surface area contributed by atoms with E-state index in [9.17, 15) is 9.59 Å². The van der Waals surface area contributed by atoms with Gasteiger partial charge in [-0.05, 0) is 65.7 Å². The van der Waals surface area contributed by atoms with E-state index in [1.54, 1.807) is 24.3 Å². The Kier molecular flexibility index (Phi) is 4.17. The molecule has 98 valence electrons. The summed E-state index contributed by atoms with van der Waals surface area (Å²) >= 11 is 4.80. The highest BCUT2D eigenvalue weighted by Crippen LogP contribution is 2.27. The Hall–Kier alpha value is -1.46. The van der Waals surface area contributed by atoms with Gasteiger partial charge in [-0.25, -0.2) is 0 Å². The van der Waals surface area contributed by atoms with Crippen LogP contribution in [-0.2, 0) is 0 Å². The van der Waals surface area contributed by atoms with Gasteiger partial charge in [-0.3, -0.25) is 9.59 Å². The Morgan fingerprint density at radius 3 is 2.32 bits per heavy atom. The fourth-order valence-electron chi connectivity index (χ4n) is 1.55. The number of thiophene rings is 1. The molecule has 0 bridgehead atoms. The number of Topliss-reactive ketones (excluding diaryl/α,β-unsaturated/α-hetero) is 1. The third-order valence-corrected chi connectivity index (χ3v) is 4.77. The molecule has 1 heterocycles. The Bertz CT molecular complexity index is 612. The molecule has 0 aliphatic heterocycles. The molecule has 0 radical (unpaired) electrons. The lowest BCUT2D eigenvalue weighted by molar-refractivity contribution is 0.101. The van der Waals surface area contributed by atoms with Crippen LogP contribution in [0, 0.1) is 6.92 Å². The van der Waals surface area contributed by atoms with Crippen molar-refractivity contribution in [1.82, 2.24) is 0 Å². The van der Waals surface area contributed by atoms with E-state index in [0.717, 1.165) is 9.35 Å². The van der Waals surface area contributed by atoms with Crippen LogP contribution in [0.5, 0.6) is 0 Å². The monoisotopic (exact) mass is 337 g/mol. The van der Waals surface area contributed by atoms with Gasteiger partial charge in [0, 0.05) is 11.3 Å². The number of ketones is 1. The van der Waals surface area contributed by atoms with Gasteiger partial charge in [-0.1, -0.05) is 0 Å². The van der Waals surface area contributed by atoms with Gasteiger partial charge < -0.3 is 5.32 Å². The zero-order chi connectivity index (χ0) is 14.0. The van der Waals surface area contributed by atoms with Gasteiger partial charge in [-0.15, -0.1) is 11.3 Å². The summed E-state index contributed by atoms with van der Waals surface area (Å²) in [5.41, 5.74) is 2.35. The number of anilines is 1. The van der Waals surface area contributed by atoms with Gasteiger partial charge in [-0.2, -0.15) is 0 Å². The average Bonchev–Trinajstić information content (AvgIpc) is 2.70. The highest BCUT2D eigenvalue weighted by atomic mass is 79.9. The molecule has 0 spiro atoms. The molecule has 1 amide bonds. The number of nitrogens with one attached hydrogen (secondary N) is 1. The Morgan fingerprint density at radius 1 is 1.21 bits per heavy atom. The molecule has 2 aromatic rings. The van der Waals surface area contributed by atoms with Crippen molar-refractivity contribution >= 4 is 44.6 Å². The molecule has 19 heavy (non-hydrogen) atoms. The summed E-state index contributed by atoms with van der Waals surface area (Å²) in [6, 6.07) is 8.70. The largest absolute Gasteiger partial charge is 0.321 e. The maximum atomic E-state index is 12.0. The SMILES string of the molecule is CC(=O)c1ccc(NC(=O)c2cc(C)c(Br)s2)cc1. The molecule has 2 rings (SSSR count). The molecule has 0 saturated heterocycles. The van der Waals surface area contributed by atoms with Gasteiger partial charge in [0.05, 0.1) is 8.66 Å². The lowest BCUT2D eigenvalue weighted by Gasteiger charge is -2.04. The Balaban J connectivity index is 2.12. The number of benzene rings is 1. The van der Waals surface area contributed by atoms with Gasteiger partial charge in [0.2, 0.25) is 0 Å². The fourth-order valence-corrected chi connectivity index (χ4v) is 2.98. The standard InChI is InChI=1S/C14H12BrNO2S/c1-8-7-12(19-13(8)15)14(18)16-11-5-3-10(4-6-11)9(2)17/h3-7H,1-2H3,(H,16,18). The van der Waals surface area contributed by atoms with Crippen molar-refractivity contribution < 1.29 is 9.59 Å². The lowest BCUT2D eigenvalue weighted by Crippen LogP contribution is -2.10. The lowest BCUT2D eigenvalue weighted by atomic mass is 10.1. The maximum Gasteiger partial charge on any atom is 0.265 e. The number of aryl methyl sites for hydroxylation is 1. The van der Waals surface area contributed by atoms with Gasteiger partial charge in [0.1, 0.15) is 0 Å². The summed E-state index contributed by atoms with van der Waals surface area (Å²) in [7, 11) is 0. The normalized spacial score (nSPS) is 10.3. The first kappa shape index (κ1) is 14.0. The number of hydrogen-bond donors (Lipinski definition) is 1. The number of carbonyl (C=O) groups is 2. The molecule has 1 N–H and O–H groups in total. The number of carbonyl (C=O) groups excluding carboxylic acids is 2. The summed E-state index contributed by atoms with van der Waals surface area (Å²) < 4.78 is 0.963. The molecule has 1 aromatic heterocycles. The van der Waals surface area contributed by atoms with E-state index >= 15 is 0 Å². The van der Waals surface area contributed by atoms with Crippen molar-refractivity contribution in [2.75, 3.05) is 5.32 Å². The van der Waals surface area contributed by atoms with Gasteiger partial charge >= 0.3 is 0 Å². The van der Waals surface area contributed by atoms with E-state index in [-0.39, 0.29) is 11.7 Å². The zero-order valence-electron chi connectivity index (χ0n) is 10.5. The first-order chi connectivity index (χ1) is 8.97. The van der Waals surface area contributed by atoms with E-state index in [2.05, 4.69) is 21.2 Å². The summed E-state index contributed by atoms with van der Waals surface area (Å²) in [5, 5.41) is 2.80. The van der Waals surface area contributed by atoms with E-state index < -0.39 is 0 Å². The Morgan fingerprint density at radius 2 is 1.84 bits per heavy atom. The Labute approximate surface area is 123 Å². The number of rotatable bonds is 3. The molecule has 1 aromatic carbocycles. The third-order valence-electron chi connectivity index (χ3n) is 2.63. The summed E-state index contributed by atoms with van der Waals surface area (Å²) in [5.74, 6) is -0.134. The number of halogens is 1. The zero-order valence-corrected chi connectivity index (χ0v) is 12.9. The molecule has 0 saturated carbocycles. The van der Waals surface area contributed by atoms with E-state index in [1.165, 1.54) is 18.3 Å². The molecular formula is C14H12BrNO2S. The molecule has 0 atom stereocenters. The van der Waals surface area contributed by atoms with E-state index in [1.807, 2.05) is 13.0 Å². The molecule has 0 aliphatic carbocycles. The van der Waals surface area contributed by atoms with Crippen LogP contribution >= 0.6 is 27.3 Å². The second-order valence-corrected chi connectivity index (χ2v) is 6.53. The minimum atomic E-state index is -0.144. The molecule has 3 nitrogen and oxygen atoms in total. The maximum absolute atomic E-state index is 12.0. The first-order valence-electron chi connectivity index (χ1n) is 5.65. The van der Waals surface area contributed by atoms with Crippen LogP contribution in [0.1, 0.15) is 32.5 Å². The van der Waals surface area contributed by atoms with Crippen molar-refractivity contribution in [3.63, 3.8) is 0 Å². The summed E-state index contributed by atoms with van der Waals surface area (Å²) in [6.45, 7) is 3.46. The van der Waals surface area contributed by atoms with Crippen LogP contribution < -0.4 is 5.32 Å². The summed E-state index contributed by atoms with van der Waals surface area (Å²) in [6.07, 6.45) is 0. The van der Waals surface area contributed by atoms with Crippen LogP contribution in [-0.4, -0.2) is 11.7 Å². The topological polar surface area (TPSA) is 46.2 Å². The van der Waals surface area contributed by atoms with Crippen LogP contribution in [0.3, 0.4) is 0 Å². The van der Waals surface area contributed by atoms with E-state index in [4.69, 9.17) is 0 Å². The van der Waals surface area contributed by atoms with E-state index in [0.29, 0.717) is 16.1 Å². The number of amides is 1. The average molecular weight is 338 g/mol. The van der Waals surface area contributed by atoms with Gasteiger partial charge in [0.15, 0.2) is 5.78 Å². The molecule has 0 fully saturated rings. The van der Waals surface area contributed by atoms with Crippen LogP contribution in [0.15, 0.2) is 34.1 Å². The predicted octanol–water partition coefficient (Wildman–Crippen LogP) is 4.27. The van der Waals surface area contributed by atoms with Crippen molar-refractivity contribution in [3.8, 4) is 0 Å². The minimum Gasteiger partial charge on any atom is -0.321 e. The van der Waals surface area contributed by atoms with Crippen LogP contribution in [0.25, 0.3) is 0 Å². The fraction of sp³-hybridized carbons (Fsp3) is 0.143. The minimum absolute atomic E-state index is 0.00990. The molecule has 5 heteroatoms. The first-order valence-corrected chi connectivity index (χ1v) is 7.26. The third kappa shape index (κ3) is 3.30. The van der Waals surface area contributed by atoms with Crippen molar-refractivity contribution in [2.45, 2.75) is 13.8 Å². The van der Waals surface area contributed by atoms with Crippen LogP contribution in [0.4, 0.5) is 5.69 Å². The predicted molar refractivity (Wildman–Crippen MR) is 81.2 cm³/mol. The smallest absolute Gasteiger partial charge is 0.265 e. The van der Waals surface area contributed by atoms with Crippen LogP contribution in [0.2, 0.25) is 0 Å². The second kappa shape index (κ2) is 5.67. The number of hydrogen-bond acceptors (Lipinski definition) is 3. The van der Waals surface area contributed by atoms with Crippen molar-refractivity contribution in [1.29, 1.82) is 0 Å². The summed E-state index contributed by atoms with van der Waals surface area (Å²) in [4.78, 5) is 23.8. The highest BCUT2D eigenvalue weighted by Gasteiger charge is 2.11. The van der Waals surface area contributed by atoms with Crippen molar-refractivity contribution in [2.24, 2.45) is 0 Å². The quantitative estimate of drug-likeness (QED) is 0.850. The molecule has 0 unspecified atom stereocenters. The highest BCUT2D eigenvalue weighted by molar-refractivity contribution is 9.11. The van der Waals surface area contributed by atoms with Crippen molar-refractivity contribution in [3.05, 3.63) is 50.1 Å². The second-order valence-electron chi connectivity index (χ2n) is 4.16. The molecular weight excluding hydrogens is 326 g/mol. The van der Waals surface area contributed by atoms with Gasteiger partial charge in [0.25, 0.3) is 5.91 Å².